The first-order chi connectivity index (χ1) is 20.8. The van der Waals surface area contributed by atoms with Gasteiger partial charge in [-0.05, 0) is 6.92 Å². The molecular weight excluding hydrogens is 716 g/mol. The van der Waals surface area contributed by atoms with Gasteiger partial charge in [0.25, 0.3) is 0 Å². The van der Waals surface area contributed by atoms with Crippen LogP contribution in [-0.2, 0) is 23.7 Å². The van der Waals surface area contributed by atoms with E-state index in [9.17, 15) is 88.6 Å². The fraction of sp³-hybridized carbons (Fsp3) is 0.818. The van der Waals surface area contributed by atoms with Gasteiger partial charge in [0.2, 0.25) is 0 Å². The van der Waals surface area contributed by atoms with Gasteiger partial charge in [-0.2, -0.15) is 79.0 Å². The average Bonchev–Trinajstić information content (AvgIpc) is 2.89. The van der Waals surface area contributed by atoms with Gasteiger partial charge in [-0.3, -0.25) is 0 Å². The molecule has 0 bridgehead atoms. The van der Waals surface area contributed by atoms with Gasteiger partial charge in [0, 0.05) is 18.4 Å². The monoisotopic (exact) mass is 739 g/mol. The fourth-order valence-corrected chi connectivity index (χ4v) is 2.69. The van der Waals surface area contributed by atoms with Crippen molar-refractivity contribution < 1.29 is 108 Å². The van der Waals surface area contributed by atoms with Gasteiger partial charge in [0.15, 0.2) is 6.10 Å². The standard InChI is InChI=1S/C22H23F18NO6/c1-11(2)13(42)46-8-5-41-14(43)47-12(9-44-6-3-15(23,24)17(27,28)19(31,32)21(35,36)37)10-45-7-4-16(25,26)18(29,30)20(33,34)22(38,39)40/h12H,1,3-10H2,2H3,(H,41,43). The minimum atomic E-state index is -7.23. The lowest BCUT2D eigenvalue weighted by atomic mass is 10.0. The Morgan fingerprint density at radius 1 is 0.617 bits per heavy atom. The van der Waals surface area contributed by atoms with Gasteiger partial charge in [0.05, 0.1) is 33.0 Å². The molecule has 0 aliphatic rings. The zero-order chi connectivity index (χ0) is 37.5. The molecule has 0 aliphatic heterocycles. The number of nitrogens with one attached hydrogen (secondary N) is 1. The lowest BCUT2D eigenvalue weighted by Gasteiger charge is -2.33. The first-order valence-electron chi connectivity index (χ1n) is 12.1. The molecule has 0 aromatic heterocycles. The van der Waals surface area contributed by atoms with Crippen molar-refractivity contribution in [2.75, 3.05) is 39.6 Å². The lowest BCUT2D eigenvalue weighted by Crippen LogP contribution is -2.61. The summed E-state index contributed by atoms with van der Waals surface area (Å²) in [6, 6.07) is 0. The molecule has 0 fully saturated rings. The van der Waals surface area contributed by atoms with Crippen LogP contribution in [0.1, 0.15) is 19.8 Å². The van der Waals surface area contributed by atoms with Crippen LogP contribution in [0.25, 0.3) is 0 Å². The van der Waals surface area contributed by atoms with Gasteiger partial charge in [-0.15, -0.1) is 0 Å². The first kappa shape index (κ1) is 44.1. The SMILES string of the molecule is C=C(C)C(=O)OCCNC(=O)OC(COCCC(F)(F)C(F)(F)C(F)(F)C(F)(F)F)COCCC(F)(F)C(F)(F)C(F)(F)C(F)(F)F. The largest absolute Gasteiger partial charge is 0.460 e. The highest BCUT2D eigenvalue weighted by Gasteiger charge is 2.82. The van der Waals surface area contributed by atoms with Crippen LogP contribution in [-0.4, -0.2) is 106 Å². The van der Waals surface area contributed by atoms with E-state index in [2.05, 4.69) is 25.5 Å². The highest BCUT2D eigenvalue weighted by molar-refractivity contribution is 5.86. The smallest absolute Gasteiger partial charge is 0.460 e. The molecule has 0 rings (SSSR count). The van der Waals surface area contributed by atoms with Crippen molar-refractivity contribution in [3.63, 3.8) is 0 Å². The van der Waals surface area contributed by atoms with E-state index in [1.807, 2.05) is 5.32 Å². The molecule has 0 spiro atoms. The Kier molecular flexibility index (Phi) is 14.6. The number of hydrogen-bond acceptors (Lipinski definition) is 6. The van der Waals surface area contributed by atoms with E-state index < -0.39 is 118 Å². The minimum absolute atomic E-state index is 0.0853. The van der Waals surface area contributed by atoms with Gasteiger partial charge in [-0.1, -0.05) is 6.58 Å². The van der Waals surface area contributed by atoms with Gasteiger partial charge in [-0.25, -0.2) is 9.59 Å². The second-order valence-electron chi connectivity index (χ2n) is 9.22. The summed E-state index contributed by atoms with van der Waals surface area (Å²) in [7, 11) is 0. The molecule has 278 valence electrons. The maximum Gasteiger partial charge on any atom is 0.460 e. The van der Waals surface area contributed by atoms with E-state index in [1.165, 1.54) is 6.92 Å². The van der Waals surface area contributed by atoms with Crippen LogP contribution in [0.5, 0.6) is 0 Å². The zero-order valence-corrected chi connectivity index (χ0v) is 23.2. The van der Waals surface area contributed by atoms with Crippen LogP contribution >= 0.6 is 0 Å². The summed E-state index contributed by atoms with van der Waals surface area (Å²) in [5, 5.41) is 1.84. The van der Waals surface area contributed by atoms with Crippen LogP contribution in [0.2, 0.25) is 0 Å². The molecule has 0 radical (unpaired) electrons. The minimum Gasteiger partial charge on any atom is -0.460 e. The number of rotatable bonds is 19. The van der Waals surface area contributed by atoms with Gasteiger partial charge < -0.3 is 24.3 Å². The number of carbonyl (C=O) groups excluding carboxylic acids is 2. The first-order valence-corrected chi connectivity index (χ1v) is 12.1. The lowest BCUT2D eigenvalue weighted by molar-refractivity contribution is -0.397. The van der Waals surface area contributed by atoms with Crippen LogP contribution in [0.3, 0.4) is 0 Å². The number of hydrogen-bond donors (Lipinski definition) is 1. The van der Waals surface area contributed by atoms with Crippen molar-refractivity contribution in [1.29, 1.82) is 0 Å². The number of halogens is 18. The third-order valence-electron chi connectivity index (χ3n) is 5.37. The second-order valence-corrected chi connectivity index (χ2v) is 9.22. The molecule has 0 aliphatic carbocycles. The van der Waals surface area contributed by atoms with E-state index in [4.69, 9.17) is 0 Å². The van der Waals surface area contributed by atoms with E-state index in [0.29, 0.717) is 0 Å². The predicted octanol–water partition coefficient (Wildman–Crippen LogP) is 6.95. The molecule has 1 N–H and O–H groups in total. The number of ether oxygens (including phenoxy) is 4. The summed E-state index contributed by atoms with van der Waals surface area (Å²) in [6.45, 7) is -3.01. The zero-order valence-electron chi connectivity index (χ0n) is 23.2. The molecule has 0 unspecified atom stereocenters. The Morgan fingerprint density at radius 2 is 0.979 bits per heavy atom. The normalized spacial score (nSPS) is 14.3. The summed E-state index contributed by atoms with van der Waals surface area (Å²) >= 11 is 0. The molecule has 7 nitrogen and oxygen atoms in total. The van der Waals surface area contributed by atoms with Crippen LogP contribution < -0.4 is 5.32 Å². The average molecular weight is 739 g/mol. The predicted molar refractivity (Wildman–Crippen MR) is 117 cm³/mol. The summed E-state index contributed by atoms with van der Waals surface area (Å²) in [4.78, 5) is 23.1. The van der Waals surface area contributed by atoms with Gasteiger partial charge in [0.1, 0.15) is 6.61 Å². The maximum atomic E-state index is 13.6. The number of esters is 1. The molecule has 47 heavy (non-hydrogen) atoms. The number of carbonyl (C=O) groups is 2. The molecule has 0 atom stereocenters. The highest BCUT2D eigenvalue weighted by Crippen LogP contribution is 2.55. The van der Waals surface area contributed by atoms with Crippen LogP contribution in [0.4, 0.5) is 83.8 Å². The van der Waals surface area contributed by atoms with Crippen molar-refractivity contribution in [3.05, 3.63) is 12.2 Å². The summed E-state index contributed by atoms with van der Waals surface area (Å²) < 4.78 is 251. The molecule has 0 aromatic rings. The van der Waals surface area contributed by atoms with E-state index >= 15 is 0 Å². The maximum absolute atomic E-state index is 13.6. The Morgan fingerprint density at radius 3 is 1.30 bits per heavy atom. The highest BCUT2D eigenvalue weighted by atomic mass is 19.4. The second kappa shape index (κ2) is 15.6. The number of alkyl carbamates (subject to hydrolysis) is 1. The van der Waals surface area contributed by atoms with E-state index in [-0.39, 0.29) is 5.57 Å². The molecule has 25 heteroatoms. The topological polar surface area (TPSA) is 83.1 Å². The molecule has 0 heterocycles. The van der Waals surface area contributed by atoms with Crippen molar-refractivity contribution in [2.45, 2.75) is 73.8 Å². The summed E-state index contributed by atoms with van der Waals surface area (Å²) in [6.07, 6.45) is -23.0. The van der Waals surface area contributed by atoms with E-state index in [1.54, 1.807) is 0 Å². The summed E-state index contributed by atoms with van der Waals surface area (Å²) in [5.74, 6) is -41.7. The Balaban J connectivity index is 5.48. The third kappa shape index (κ3) is 10.8. The van der Waals surface area contributed by atoms with Gasteiger partial charge >= 0.3 is 60.0 Å². The Bertz CT molecular complexity index is 1000. The molecule has 0 aromatic carbocycles. The molecule has 1 amide bonds. The fourth-order valence-electron chi connectivity index (χ4n) is 2.69. The number of amides is 1. The van der Waals surface area contributed by atoms with Crippen molar-refractivity contribution in [1.82, 2.24) is 5.32 Å². The van der Waals surface area contributed by atoms with Crippen molar-refractivity contribution in [2.24, 2.45) is 0 Å². The Hall–Kier alpha value is -2.86. The van der Waals surface area contributed by atoms with Crippen molar-refractivity contribution >= 4 is 12.1 Å². The molecule has 0 saturated heterocycles. The van der Waals surface area contributed by atoms with Crippen LogP contribution in [0, 0.1) is 0 Å². The molecule has 0 saturated carbocycles. The quantitative estimate of drug-likeness (QED) is 0.0669. The molecular formula is C22H23F18NO6. The Labute approximate surface area is 251 Å². The van der Waals surface area contributed by atoms with Crippen LogP contribution in [0.15, 0.2) is 12.2 Å². The van der Waals surface area contributed by atoms with Crippen molar-refractivity contribution in [3.8, 4) is 0 Å². The number of alkyl halides is 18. The van der Waals surface area contributed by atoms with E-state index in [0.717, 1.165) is 0 Å². The third-order valence-corrected chi connectivity index (χ3v) is 5.37. The summed E-state index contributed by atoms with van der Waals surface area (Å²) in [5.41, 5.74) is -0.0853.